The second-order valence-corrected chi connectivity index (χ2v) is 6.94. The fraction of sp³-hybridized carbons (Fsp3) is 0.381. The van der Waals surface area contributed by atoms with Crippen LogP contribution in [0.4, 0.5) is 0 Å². The van der Waals surface area contributed by atoms with E-state index in [1.807, 2.05) is 0 Å². The van der Waals surface area contributed by atoms with Gasteiger partial charge in [-0.15, -0.1) is 0 Å². The van der Waals surface area contributed by atoms with Crippen LogP contribution in [-0.2, 0) is 11.2 Å². The van der Waals surface area contributed by atoms with E-state index in [2.05, 4.69) is 43.4 Å². The first-order valence-corrected chi connectivity index (χ1v) is 9.12. The molecule has 0 aliphatic rings. The molecule has 0 radical (unpaired) electrons. The first-order chi connectivity index (χ1) is 12.0. The summed E-state index contributed by atoms with van der Waals surface area (Å²) in [5, 5.41) is 3.51. The highest BCUT2D eigenvalue weighted by Gasteiger charge is 2.14. The second kappa shape index (κ2) is 9.47. The van der Waals surface area contributed by atoms with Gasteiger partial charge in [0.2, 0.25) is 0 Å². The highest BCUT2D eigenvalue weighted by molar-refractivity contribution is 6.30. The van der Waals surface area contributed by atoms with Gasteiger partial charge in [-0.2, -0.15) is 0 Å². The number of amides is 1. The maximum atomic E-state index is 12.1. The summed E-state index contributed by atoms with van der Waals surface area (Å²) in [5.41, 5.74) is 2.64. The number of carbonyl (C=O) groups excluding carboxylic acids is 1. The molecule has 4 heteroatoms. The Morgan fingerprint density at radius 1 is 1.12 bits per heavy atom. The number of aryl methyl sites for hydroxylation is 1. The molecule has 25 heavy (non-hydrogen) atoms. The molecule has 2 aromatic carbocycles. The second-order valence-electron chi connectivity index (χ2n) is 6.51. The van der Waals surface area contributed by atoms with Crippen LogP contribution in [0.2, 0.25) is 5.02 Å². The highest BCUT2D eigenvalue weighted by atomic mass is 35.5. The third-order valence-corrected chi connectivity index (χ3v) is 4.30. The van der Waals surface area contributed by atoms with Gasteiger partial charge in [0.25, 0.3) is 5.91 Å². The summed E-state index contributed by atoms with van der Waals surface area (Å²) in [5.74, 6) is 1.03. The SMILES string of the molecule is CC(Oc1cccc(Cl)c1)C(=O)NCCCc1ccc(C(C)C)cc1. The van der Waals surface area contributed by atoms with E-state index < -0.39 is 6.10 Å². The predicted molar refractivity (Wildman–Crippen MR) is 103 cm³/mol. The summed E-state index contributed by atoms with van der Waals surface area (Å²) in [6.07, 6.45) is 1.29. The van der Waals surface area contributed by atoms with Crippen LogP contribution in [-0.4, -0.2) is 18.6 Å². The molecule has 2 aromatic rings. The number of halogens is 1. The van der Waals surface area contributed by atoms with Gasteiger partial charge in [0.05, 0.1) is 0 Å². The molecular weight excluding hydrogens is 334 g/mol. The number of nitrogens with one attached hydrogen (secondary N) is 1. The first-order valence-electron chi connectivity index (χ1n) is 8.74. The van der Waals surface area contributed by atoms with Crippen molar-refractivity contribution < 1.29 is 9.53 Å². The van der Waals surface area contributed by atoms with Gasteiger partial charge in [0.15, 0.2) is 6.10 Å². The van der Waals surface area contributed by atoms with Crippen LogP contribution in [0.15, 0.2) is 48.5 Å². The van der Waals surface area contributed by atoms with Crippen LogP contribution in [0.3, 0.4) is 0 Å². The lowest BCUT2D eigenvalue weighted by Gasteiger charge is -2.15. The fourth-order valence-electron chi connectivity index (χ4n) is 2.51. The Labute approximate surface area is 155 Å². The number of hydrogen-bond donors (Lipinski definition) is 1. The minimum Gasteiger partial charge on any atom is -0.481 e. The number of benzene rings is 2. The molecule has 134 valence electrons. The lowest BCUT2D eigenvalue weighted by molar-refractivity contribution is -0.127. The summed E-state index contributed by atoms with van der Waals surface area (Å²) in [4.78, 5) is 12.1. The zero-order valence-corrected chi connectivity index (χ0v) is 15.8. The Hall–Kier alpha value is -2.00. The summed E-state index contributed by atoms with van der Waals surface area (Å²) in [7, 11) is 0. The maximum absolute atomic E-state index is 12.1. The van der Waals surface area contributed by atoms with Gasteiger partial charge < -0.3 is 10.1 Å². The molecule has 0 spiro atoms. The van der Waals surface area contributed by atoms with Crippen molar-refractivity contribution in [3.05, 3.63) is 64.7 Å². The van der Waals surface area contributed by atoms with E-state index in [0.717, 1.165) is 12.8 Å². The van der Waals surface area contributed by atoms with Crippen LogP contribution in [0.25, 0.3) is 0 Å². The van der Waals surface area contributed by atoms with Gasteiger partial charge in [0, 0.05) is 11.6 Å². The van der Waals surface area contributed by atoms with Crippen molar-refractivity contribution in [3.63, 3.8) is 0 Å². The maximum Gasteiger partial charge on any atom is 0.260 e. The Kier molecular flexibility index (Phi) is 7.32. The Bertz CT molecular complexity index is 683. The number of ether oxygens (including phenoxy) is 1. The molecule has 0 heterocycles. The van der Waals surface area contributed by atoms with Crippen molar-refractivity contribution in [2.45, 2.75) is 45.6 Å². The zero-order chi connectivity index (χ0) is 18.2. The van der Waals surface area contributed by atoms with Crippen LogP contribution < -0.4 is 10.1 Å². The largest absolute Gasteiger partial charge is 0.481 e. The van der Waals surface area contributed by atoms with E-state index >= 15 is 0 Å². The Balaban J connectivity index is 1.71. The normalized spacial score (nSPS) is 12.0. The van der Waals surface area contributed by atoms with Crippen molar-refractivity contribution in [2.75, 3.05) is 6.54 Å². The molecule has 2 rings (SSSR count). The molecule has 1 amide bonds. The molecule has 0 saturated heterocycles. The quantitative estimate of drug-likeness (QED) is 0.675. The van der Waals surface area contributed by atoms with Crippen molar-refractivity contribution in [2.24, 2.45) is 0 Å². The summed E-state index contributed by atoms with van der Waals surface area (Å²) in [6.45, 7) is 6.75. The molecule has 0 aliphatic carbocycles. The van der Waals surface area contributed by atoms with Gasteiger partial charge in [0.1, 0.15) is 5.75 Å². The van der Waals surface area contributed by atoms with Crippen molar-refractivity contribution in [3.8, 4) is 5.75 Å². The average Bonchev–Trinajstić information content (AvgIpc) is 2.59. The molecule has 1 unspecified atom stereocenters. The molecular formula is C21H26ClNO2. The van der Waals surface area contributed by atoms with Crippen LogP contribution in [0.1, 0.15) is 44.2 Å². The minimum absolute atomic E-state index is 0.116. The number of carbonyl (C=O) groups is 1. The lowest BCUT2D eigenvalue weighted by Crippen LogP contribution is -2.36. The fourth-order valence-corrected chi connectivity index (χ4v) is 2.70. The Morgan fingerprint density at radius 2 is 1.84 bits per heavy atom. The topological polar surface area (TPSA) is 38.3 Å². The molecule has 0 aromatic heterocycles. The van der Waals surface area contributed by atoms with Crippen LogP contribution >= 0.6 is 11.6 Å². The third kappa shape index (κ3) is 6.43. The Morgan fingerprint density at radius 3 is 2.48 bits per heavy atom. The molecule has 3 nitrogen and oxygen atoms in total. The van der Waals surface area contributed by atoms with Gasteiger partial charge in [-0.05, 0) is 55.0 Å². The van der Waals surface area contributed by atoms with Gasteiger partial charge in [-0.1, -0.05) is 55.8 Å². The zero-order valence-electron chi connectivity index (χ0n) is 15.1. The minimum atomic E-state index is -0.552. The van der Waals surface area contributed by atoms with Gasteiger partial charge in [-0.25, -0.2) is 0 Å². The lowest BCUT2D eigenvalue weighted by atomic mass is 10.0. The van der Waals surface area contributed by atoms with Crippen LogP contribution in [0.5, 0.6) is 5.75 Å². The first kappa shape index (κ1) is 19.3. The average molecular weight is 360 g/mol. The number of rotatable bonds is 8. The van der Waals surface area contributed by atoms with Crippen molar-refractivity contribution in [1.29, 1.82) is 0 Å². The highest BCUT2D eigenvalue weighted by Crippen LogP contribution is 2.18. The molecule has 1 atom stereocenters. The van der Waals surface area contributed by atoms with E-state index in [1.54, 1.807) is 31.2 Å². The summed E-state index contributed by atoms with van der Waals surface area (Å²) in [6, 6.07) is 15.8. The molecule has 1 N–H and O–H groups in total. The van der Waals surface area contributed by atoms with E-state index in [4.69, 9.17) is 16.3 Å². The van der Waals surface area contributed by atoms with Crippen molar-refractivity contribution >= 4 is 17.5 Å². The molecule has 0 fully saturated rings. The standard InChI is InChI=1S/C21H26ClNO2/c1-15(2)18-11-9-17(10-12-18)6-5-13-23-21(24)16(3)25-20-8-4-7-19(22)14-20/h4,7-12,14-16H,5-6,13H2,1-3H3,(H,23,24). The summed E-state index contributed by atoms with van der Waals surface area (Å²) < 4.78 is 5.61. The van der Waals surface area contributed by atoms with E-state index in [-0.39, 0.29) is 5.91 Å². The molecule has 0 bridgehead atoms. The third-order valence-electron chi connectivity index (χ3n) is 4.07. The molecule has 0 saturated carbocycles. The number of hydrogen-bond acceptors (Lipinski definition) is 2. The van der Waals surface area contributed by atoms with E-state index in [9.17, 15) is 4.79 Å². The van der Waals surface area contributed by atoms with E-state index in [1.165, 1.54) is 11.1 Å². The van der Waals surface area contributed by atoms with Gasteiger partial charge >= 0.3 is 0 Å². The monoisotopic (exact) mass is 359 g/mol. The summed E-state index contributed by atoms with van der Waals surface area (Å²) >= 11 is 5.91. The van der Waals surface area contributed by atoms with Crippen LogP contribution in [0, 0.1) is 0 Å². The predicted octanol–water partition coefficient (Wildman–Crippen LogP) is 4.98. The van der Waals surface area contributed by atoms with E-state index in [0.29, 0.717) is 23.2 Å². The smallest absolute Gasteiger partial charge is 0.260 e. The van der Waals surface area contributed by atoms with Crippen molar-refractivity contribution in [1.82, 2.24) is 5.32 Å². The molecule has 0 aliphatic heterocycles. The van der Waals surface area contributed by atoms with Gasteiger partial charge in [-0.3, -0.25) is 4.79 Å².